The summed E-state index contributed by atoms with van der Waals surface area (Å²) in [5.74, 6) is 0.965. The van der Waals surface area contributed by atoms with Crippen LogP contribution < -0.4 is 0 Å². The molecule has 0 radical (unpaired) electrons. The third kappa shape index (κ3) is 2.22. The Labute approximate surface area is 141 Å². The fourth-order valence-corrected chi connectivity index (χ4v) is 3.52. The molecule has 2 heterocycles. The number of imidazole rings is 1. The first-order valence-corrected chi connectivity index (χ1v) is 8.12. The van der Waals surface area contributed by atoms with Gasteiger partial charge in [0.05, 0.1) is 22.6 Å². The van der Waals surface area contributed by atoms with E-state index in [0.29, 0.717) is 18.7 Å². The number of carbonyl (C=O) groups excluding carboxylic acids is 1. The zero-order valence-corrected chi connectivity index (χ0v) is 13.6. The van der Waals surface area contributed by atoms with Gasteiger partial charge in [0.2, 0.25) is 0 Å². The van der Waals surface area contributed by atoms with Crippen molar-refractivity contribution in [2.24, 2.45) is 0 Å². The number of hydrogen-bond donors (Lipinski definition) is 0. The predicted octanol–water partition coefficient (Wildman–Crippen LogP) is 3.73. The number of hydrogen-bond acceptors (Lipinski definition) is 2. The SMILES string of the molecule is C=C[C@@H]1CN(Cc2ccccc2)C(=O)c2cccc3nc(C)n1c23. The van der Waals surface area contributed by atoms with Crippen LogP contribution in [0.25, 0.3) is 11.0 Å². The molecule has 4 rings (SSSR count). The summed E-state index contributed by atoms with van der Waals surface area (Å²) in [7, 11) is 0. The number of rotatable bonds is 3. The molecule has 0 N–H and O–H groups in total. The fourth-order valence-electron chi connectivity index (χ4n) is 3.52. The van der Waals surface area contributed by atoms with E-state index in [1.807, 2.05) is 54.3 Å². The van der Waals surface area contributed by atoms with Gasteiger partial charge in [0, 0.05) is 13.1 Å². The molecule has 120 valence electrons. The van der Waals surface area contributed by atoms with Crippen LogP contribution in [-0.4, -0.2) is 26.9 Å². The predicted molar refractivity (Wildman–Crippen MR) is 94.9 cm³/mol. The zero-order chi connectivity index (χ0) is 16.7. The highest BCUT2D eigenvalue weighted by molar-refractivity contribution is 6.05. The number of aromatic nitrogens is 2. The van der Waals surface area contributed by atoms with Crippen LogP contribution in [0.4, 0.5) is 0 Å². The standard InChI is InChI=1S/C20H19N3O/c1-3-16-13-22(12-15-8-5-4-6-9-15)20(24)17-10-7-11-18-19(17)23(16)14(2)21-18/h3-11,16H,1,12-13H2,2H3/t16-/m1/s1. The molecule has 1 atom stereocenters. The van der Waals surface area contributed by atoms with Crippen LogP contribution in [0.2, 0.25) is 0 Å². The van der Waals surface area contributed by atoms with E-state index in [9.17, 15) is 4.79 Å². The quantitative estimate of drug-likeness (QED) is 0.690. The Morgan fingerprint density at radius 1 is 1.21 bits per heavy atom. The van der Waals surface area contributed by atoms with Crippen molar-refractivity contribution < 1.29 is 4.79 Å². The highest BCUT2D eigenvalue weighted by Gasteiger charge is 2.29. The van der Waals surface area contributed by atoms with E-state index in [2.05, 4.69) is 28.3 Å². The maximum atomic E-state index is 13.1. The van der Waals surface area contributed by atoms with Gasteiger partial charge in [-0.1, -0.05) is 42.5 Å². The van der Waals surface area contributed by atoms with Crippen LogP contribution in [0.5, 0.6) is 0 Å². The van der Waals surface area contributed by atoms with E-state index in [1.54, 1.807) is 0 Å². The Morgan fingerprint density at radius 2 is 2.00 bits per heavy atom. The van der Waals surface area contributed by atoms with Crippen LogP contribution in [0.1, 0.15) is 27.8 Å². The summed E-state index contributed by atoms with van der Waals surface area (Å²) in [6.07, 6.45) is 1.90. The van der Waals surface area contributed by atoms with Crippen molar-refractivity contribution in [1.29, 1.82) is 0 Å². The van der Waals surface area contributed by atoms with Crippen molar-refractivity contribution >= 4 is 16.9 Å². The van der Waals surface area contributed by atoms with Crippen LogP contribution in [0, 0.1) is 6.92 Å². The zero-order valence-electron chi connectivity index (χ0n) is 13.6. The van der Waals surface area contributed by atoms with Crippen molar-refractivity contribution in [1.82, 2.24) is 14.5 Å². The van der Waals surface area contributed by atoms with Crippen molar-refractivity contribution in [3.05, 3.63) is 78.1 Å². The average Bonchev–Trinajstić information content (AvgIpc) is 2.88. The van der Waals surface area contributed by atoms with Gasteiger partial charge in [-0.25, -0.2) is 4.98 Å². The summed E-state index contributed by atoms with van der Waals surface area (Å²) in [5.41, 5.74) is 3.63. The monoisotopic (exact) mass is 317 g/mol. The van der Waals surface area contributed by atoms with E-state index < -0.39 is 0 Å². The Kier molecular flexibility index (Phi) is 3.45. The molecular weight excluding hydrogens is 298 g/mol. The van der Waals surface area contributed by atoms with Gasteiger partial charge >= 0.3 is 0 Å². The van der Waals surface area contributed by atoms with Gasteiger partial charge in [-0.2, -0.15) is 0 Å². The lowest BCUT2D eigenvalue weighted by atomic mass is 10.1. The lowest BCUT2D eigenvalue weighted by molar-refractivity contribution is 0.0737. The van der Waals surface area contributed by atoms with Crippen LogP contribution in [-0.2, 0) is 6.54 Å². The number of amides is 1. The first-order chi connectivity index (χ1) is 11.7. The molecule has 0 saturated carbocycles. The van der Waals surface area contributed by atoms with E-state index in [0.717, 1.165) is 22.4 Å². The third-order valence-corrected chi connectivity index (χ3v) is 4.63. The van der Waals surface area contributed by atoms with E-state index in [1.165, 1.54) is 0 Å². The molecule has 0 saturated heterocycles. The molecule has 24 heavy (non-hydrogen) atoms. The number of para-hydroxylation sites is 1. The Morgan fingerprint density at radius 3 is 2.75 bits per heavy atom. The molecule has 1 aliphatic heterocycles. The van der Waals surface area contributed by atoms with Crippen molar-refractivity contribution in [2.45, 2.75) is 19.5 Å². The van der Waals surface area contributed by atoms with Crippen molar-refractivity contribution in [2.75, 3.05) is 6.54 Å². The molecule has 4 nitrogen and oxygen atoms in total. The molecule has 4 heteroatoms. The smallest absolute Gasteiger partial charge is 0.256 e. The highest BCUT2D eigenvalue weighted by atomic mass is 16.2. The minimum atomic E-state index is 0.0197. The molecular formula is C20H19N3O. The second-order valence-electron chi connectivity index (χ2n) is 6.18. The minimum Gasteiger partial charge on any atom is -0.332 e. The first kappa shape index (κ1) is 14.7. The number of benzene rings is 2. The Balaban J connectivity index is 1.85. The molecule has 1 aliphatic rings. The molecule has 0 unspecified atom stereocenters. The number of aryl methyl sites for hydroxylation is 1. The van der Waals surface area contributed by atoms with Gasteiger partial charge < -0.3 is 9.47 Å². The largest absolute Gasteiger partial charge is 0.332 e. The fraction of sp³-hybridized carbons (Fsp3) is 0.200. The molecule has 0 spiro atoms. The summed E-state index contributed by atoms with van der Waals surface area (Å²) < 4.78 is 2.14. The van der Waals surface area contributed by atoms with Crippen molar-refractivity contribution in [3.63, 3.8) is 0 Å². The molecule has 0 bridgehead atoms. The molecule has 2 aromatic carbocycles. The molecule has 0 fully saturated rings. The molecule has 1 amide bonds. The molecule has 3 aromatic rings. The summed E-state index contributed by atoms with van der Waals surface area (Å²) in [6, 6.07) is 15.9. The maximum Gasteiger partial charge on any atom is 0.256 e. The van der Waals surface area contributed by atoms with E-state index in [-0.39, 0.29) is 11.9 Å². The van der Waals surface area contributed by atoms with Gasteiger partial charge in [0.1, 0.15) is 5.82 Å². The van der Waals surface area contributed by atoms with Crippen molar-refractivity contribution in [3.8, 4) is 0 Å². The second-order valence-corrected chi connectivity index (χ2v) is 6.18. The number of nitrogens with zero attached hydrogens (tertiary/aromatic N) is 3. The second kappa shape index (κ2) is 5.64. The normalized spacial score (nSPS) is 17.1. The lowest BCUT2D eigenvalue weighted by Crippen LogP contribution is -2.33. The topological polar surface area (TPSA) is 38.1 Å². The lowest BCUT2D eigenvalue weighted by Gasteiger charge is -2.25. The summed E-state index contributed by atoms with van der Waals surface area (Å²) >= 11 is 0. The van der Waals surface area contributed by atoms with E-state index >= 15 is 0 Å². The van der Waals surface area contributed by atoms with Crippen LogP contribution >= 0.6 is 0 Å². The van der Waals surface area contributed by atoms with E-state index in [4.69, 9.17) is 0 Å². The first-order valence-electron chi connectivity index (χ1n) is 8.12. The van der Waals surface area contributed by atoms with Gasteiger partial charge in [-0.05, 0) is 24.6 Å². The molecule has 0 aliphatic carbocycles. The van der Waals surface area contributed by atoms with Crippen LogP contribution in [0.3, 0.4) is 0 Å². The highest BCUT2D eigenvalue weighted by Crippen LogP contribution is 2.30. The van der Waals surface area contributed by atoms with Gasteiger partial charge in [-0.3, -0.25) is 4.79 Å². The third-order valence-electron chi connectivity index (χ3n) is 4.63. The van der Waals surface area contributed by atoms with Gasteiger partial charge in [-0.15, -0.1) is 6.58 Å². The summed E-state index contributed by atoms with van der Waals surface area (Å²) in [4.78, 5) is 19.7. The average molecular weight is 317 g/mol. The van der Waals surface area contributed by atoms with Crippen LogP contribution in [0.15, 0.2) is 61.2 Å². The maximum absolute atomic E-state index is 13.1. The van der Waals surface area contributed by atoms with Gasteiger partial charge in [0.25, 0.3) is 5.91 Å². The Hall–Kier alpha value is -2.88. The summed E-state index contributed by atoms with van der Waals surface area (Å²) in [6.45, 7) is 7.16. The molecule has 1 aromatic heterocycles. The number of carbonyl (C=O) groups is 1. The van der Waals surface area contributed by atoms with Gasteiger partial charge in [0.15, 0.2) is 0 Å². The summed E-state index contributed by atoms with van der Waals surface area (Å²) in [5, 5.41) is 0. The minimum absolute atomic E-state index is 0.0197. The Bertz CT molecular complexity index is 927.